The van der Waals surface area contributed by atoms with Crippen LogP contribution in [0.5, 0.6) is 0 Å². The third-order valence-electron chi connectivity index (χ3n) is 5.42. The fraction of sp³-hybridized carbons (Fsp3) is 0.450. The van der Waals surface area contributed by atoms with E-state index in [1.54, 1.807) is 4.68 Å². The molecule has 1 amide bonds. The molecule has 1 aromatic heterocycles. The number of benzene rings is 1. The summed E-state index contributed by atoms with van der Waals surface area (Å²) in [6, 6.07) is 11.8. The predicted molar refractivity (Wildman–Crippen MR) is 105 cm³/mol. The molecule has 0 radical (unpaired) electrons. The summed E-state index contributed by atoms with van der Waals surface area (Å²) in [6.07, 6.45) is 3.02. The van der Waals surface area contributed by atoms with Crippen LogP contribution in [0.1, 0.15) is 25.3 Å². The normalized spacial score (nSPS) is 22.4. The maximum atomic E-state index is 13.4. The Bertz CT molecular complexity index is 893. The first-order valence-electron chi connectivity index (χ1n) is 9.25. The molecule has 1 fully saturated rings. The second kappa shape index (κ2) is 6.83. The van der Waals surface area contributed by atoms with Crippen molar-refractivity contribution in [2.75, 3.05) is 18.0 Å². The average molecular weight is 369 g/mol. The van der Waals surface area contributed by atoms with E-state index < -0.39 is 0 Å². The van der Waals surface area contributed by atoms with Crippen LogP contribution in [-0.2, 0) is 18.3 Å². The Labute approximate surface area is 159 Å². The highest BCUT2D eigenvalue weighted by molar-refractivity contribution is 7.71. The molecule has 2 aromatic rings. The van der Waals surface area contributed by atoms with Crippen LogP contribution in [0.3, 0.4) is 0 Å². The summed E-state index contributed by atoms with van der Waals surface area (Å²) in [6.45, 7) is 3.94. The van der Waals surface area contributed by atoms with Crippen molar-refractivity contribution in [2.24, 2.45) is 13.0 Å². The van der Waals surface area contributed by atoms with E-state index in [1.165, 1.54) is 12.0 Å². The maximum Gasteiger partial charge on any atom is 0.246 e. The van der Waals surface area contributed by atoms with E-state index in [9.17, 15) is 4.79 Å². The monoisotopic (exact) mass is 368 g/mol. The molecule has 0 saturated carbocycles. The third kappa shape index (κ3) is 3.03. The number of anilines is 2. The number of aromatic nitrogens is 2. The van der Waals surface area contributed by atoms with E-state index in [4.69, 9.17) is 12.2 Å². The molecular weight excluding hydrogens is 344 g/mol. The number of hydrogen-bond donors (Lipinski definition) is 0. The van der Waals surface area contributed by atoms with Crippen LogP contribution in [0, 0.1) is 10.6 Å². The fourth-order valence-electron chi connectivity index (χ4n) is 4.09. The molecule has 0 N–H and O–H groups in total. The average Bonchev–Trinajstić information content (AvgIpc) is 3.03. The summed E-state index contributed by atoms with van der Waals surface area (Å²) < 4.78 is 2.37. The molecule has 136 valence electrons. The van der Waals surface area contributed by atoms with Gasteiger partial charge in [-0.2, -0.15) is 5.10 Å². The van der Waals surface area contributed by atoms with Gasteiger partial charge in [-0.05, 0) is 42.5 Å². The van der Waals surface area contributed by atoms with Crippen LogP contribution in [-0.4, -0.2) is 39.7 Å². The zero-order valence-electron chi connectivity index (χ0n) is 15.3. The SMILES string of the molecule is CC1CCCN(C(=O)C2Cc3ccccc3N2c2ccc(=S)n(C)n2)C1. The van der Waals surface area contributed by atoms with Gasteiger partial charge in [0.2, 0.25) is 5.91 Å². The van der Waals surface area contributed by atoms with Gasteiger partial charge >= 0.3 is 0 Å². The number of nitrogens with zero attached hydrogens (tertiary/aromatic N) is 4. The molecule has 0 spiro atoms. The lowest BCUT2D eigenvalue weighted by Crippen LogP contribution is -2.49. The summed E-state index contributed by atoms with van der Waals surface area (Å²) in [4.78, 5) is 17.5. The Morgan fingerprint density at radius 2 is 2.04 bits per heavy atom. The van der Waals surface area contributed by atoms with Crippen LogP contribution < -0.4 is 4.90 Å². The summed E-state index contributed by atoms with van der Waals surface area (Å²) in [5.41, 5.74) is 2.27. The second-order valence-corrected chi connectivity index (χ2v) is 7.82. The minimum atomic E-state index is -0.235. The largest absolute Gasteiger partial charge is 0.341 e. The van der Waals surface area contributed by atoms with Gasteiger partial charge in [-0.1, -0.05) is 37.3 Å². The van der Waals surface area contributed by atoms with Gasteiger partial charge in [0.25, 0.3) is 0 Å². The molecule has 2 aliphatic heterocycles. The van der Waals surface area contributed by atoms with Gasteiger partial charge in [0.1, 0.15) is 10.7 Å². The first-order valence-corrected chi connectivity index (χ1v) is 9.65. The Morgan fingerprint density at radius 3 is 2.81 bits per heavy atom. The number of rotatable bonds is 2. The summed E-state index contributed by atoms with van der Waals surface area (Å²) in [5, 5.41) is 4.61. The number of likely N-dealkylation sites (tertiary alicyclic amines) is 1. The van der Waals surface area contributed by atoms with E-state index in [0.29, 0.717) is 10.6 Å². The molecule has 0 aliphatic carbocycles. The number of amides is 1. The highest BCUT2D eigenvalue weighted by Crippen LogP contribution is 2.38. The van der Waals surface area contributed by atoms with Crippen LogP contribution >= 0.6 is 12.2 Å². The standard InChI is InChI=1S/C20H24N4OS/c1-14-6-5-11-23(13-14)20(25)17-12-15-7-3-4-8-16(15)24(17)18-9-10-19(26)22(2)21-18/h3-4,7-10,14,17H,5-6,11-13H2,1-2H3. The van der Waals surface area contributed by atoms with Gasteiger partial charge in [-0.3, -0.25) is 9.48 Å². The Balaban J connectivity index is 1.72. The molecule has 3 heterocycles. The van der Waals surface area contributed by atoms with Gasteiger partial charge in [0.15, 0.2) is 5.82 Å². The van der Waals surface area contributed by atoms with Crippen molar-refractivity contribution in [1.82, 2.24) is 14.7 Å². The highest BCUT2D eigenvalue weighted by Gasteiger charge is 2.39. The van der Waals surface area contributed by atoms with E-state index in [2.05, 4.69) is 29.1 Å². The number of hydrogen-bond acceptors (Lipinski definition) is 4. The van der Waals surface area contributed by atoms with E-state index >= 15 is 0 Å². The number of fused-ring (bicyclic) bond motifs is 1. The van der Waals surface area contributed by atoms with Crippen molar-refractivity contribution in [2.45, 2.75) is 32.2 Å². The predicted octanol–water partition coefficient (Wildman–Crippen LogP) is 3.47. The molecular formula is C20H24N4OS. The summed E-state index contributed by atoms with van der Waals surface area (Å²) in [5.74, 6) is 1.55. The van der Waals surface area contributed by atoms with E-state index in [-0.39, 0.29) is 11.9 Å². The number of para-hydroxylation sites is 1. The molecule has 0 bridgehead atoms. The van der Waals surface area contributed by atoms with Gasteiger partial charge in [-0.25, -0.2) is 0 Å². The zero-order chi connectivity index (χ0) is 18.3. The number of carbonyl (C=O) groups is 1. The first kappa shape index (κ1) is 17.2. The van der Waals surface area contributed by atoms with Gasteiger partial charge in [0, 0.05) is 32.2 Å². The van der Waals surface area contributed by atoms with Crippen molar-refractivity contribution in [3.8, 4) is 0 Å². The van der Waals surface area contributed by atoms with Crippen molar-refractivity contribution in [1.29, 1.82) is 0 Å². The zero-order valence-corrected chi connectivity index (χ0v) is 16.1. The van der Waals surface area contributed by atoms with Crippen molar-refractivity contribution >= 4 is 29.6 Å². The Morgan fingerprint density at radius 1 is 1.23 bits per heavy atom. The van der Waals surface area contributed by atoms with E-state index in [0.717, 1.165) is 37.4 Å². The van der Waals surface area contributed by atoms with Gasteiger partial charge < -0.3 is 9.80 Å². The van der Waals surface area contributed by atoms with Gasteiger partial charge in [-0.15, -0.1) is 0 Å². The number of piperidine rings is 1. The quantitative estimate of drug-likeness (QED) is 0.761. The van der Waals surface area contributed by atoms with Crippen molar-refractivity contribution in [3.63, 3.8) is 0 Å². The third-order valence-corrected chi connectivity index (χ3v) is 5.82. The topological polar surface area (TPSA) is 41.4 Å². The lowest BCUT2D eigenvalue weighted by molar-refractivity contribution is -0.134. The van der Waals surface area contributed by atoms with Crippen molar-refractivity contribution in [3.05, 3.63) is 46.6 Å². The minimum Gasteiger partial charge on any atom is -0.341 e. The Hall–Kier alpha value is -2.21. The van der Waals surface area contributed by atoms with Crippen molar-refractivity contribution < 1.29 is 4.79 Å². The molecule has 26 heavy (non-hydrogen) atoms. The number of aryl methyl sites for hydroxylation is 1. The first-order chi connectivity index (χ1) is 12.5. The second-order valence-electron chi connectivity index (χ2n) is 7.40. The lowest BCUT2D eigenvalue weighted by atomic mass is 9.99. The molecule has 1 aromatic carbocycles. The molecule has 1 saturated heterocycles. The van der Waals surface area contributed by atoms with Crippen LogP contribution in [0.4, 0.5) is 11.5 Å². The van der Waals surface area contributed by atoms with Gasteiger partial charge in [0.05, 0.1) is 0 Å². The molecule has 2 atom stereocenters. The minimum absolute atomic E-state index is 0.208. The van der Waals surface area contributed by atoms with Crippen LogP contribution in [0.25, 0.3) is 0 Å². The maximum absolute atomic E-state index is 13.4. The molecule has 5 nitrogen and oxygen atoms in total. The molecule has 2 unspecified atom stereocenters. The molecule has 4 rings (SSSR count). The molecule has 2 aliphatic rings. The Kier molecular flexibility index (Phi) is 4.53. The highest BCUT2D eigenvalue weighted by atomic mass is 32.1. The smallest absolute Gasteiger partial charge is 0.246 e. The van der Waals surface area contributed by atoms with E-state index in [1.807, 2.05) is 36.2 Å². The molecule has 6 heteroatoms. The lowest BCUT2D eigenvalue weighted by Gasteiger charge is -2.35. The number of carbonyl (C=O) groups excluding carboxylic acids is 1. The van der Waals surface area contributed by atoms with Crippen LogP contribution in [0.15, 0.2) is 36.4 Å². The van der Waals surface area contributed by atoms with Crippen LogP contribution in [0.2, 0.25) is 0 Å². The summed E-state index contributed by atoms with van der Waals surface area (Å²) >= 11 is 5.27. The fourth-order valence-corrected chi connectivity index (χ4v) is 4.19. The summed E-state index contributed by atoms with van der Waals surface area (Å²) in [7, 11) is 1.84.